The minimum atomic E-state index is -1.24. The van der Waals surface area contributed by atoms with Crippen molar-refractivity contribution in [2.75, 3.05) is 13.7 Å². The Labute approximate surface area is 168 Å². The maximum atomic E-state index is 13.8. The second kappa shape index (κ2) is 10.8. The van der Waals surface area contributed by atoms with Crippen LogP contribution in [-0.2, 0) is 4.79 Å². The van der Waals surface area contributed by atoms with Crippen molar-refractivity contribution in [2.45, 2.75) is 25.8 Å². The van der Waals surface area contributed by atoms with Gasteiger partial charge in [-0.1, -0.05) is 25.5 Å². The molecule has 5 nitrogen and oxygen atoms in total. The lowest BCUT2D eigenvalue weighted by Gasteiger charge is -2.12. The molecule has 0 fully saturated rings. The highest BCUT2D eigenvalue weighted by Gasteiger charge is 2.17. The van der Waals surface area contributed by atoms with Gasteiger partial charge in [0.2, 0.25) is 5.91 Å². The summed E-state index contributed by atoms with van der Waals surface area (Å²) in [4.78, 5) is 12.1. The standard InChI is InChI=1S/C22H22F2N2O3/c1-3-4-11-29-20-9-5-15(12-21(20)28-2)6-10-22(27)26-19(14-25)17-8-7-16(23)13-18(17)24/h5-10,12-13,19H,3-4,11H2,1-2H3,(H,26,27)/b10-6+. The summed E-state index contributed by atoms with van der Waals surface area (Å²) in [7, 11) is 1.52. The number of hydrogen-bond donors (Lipinski definition) is 1. The van der Waals surface area contributed by atoms with Gasteiger partial charge in [-0.25, -0.2) is 8.78 Å². The van der Waals surface area contributed by atoms with Crippen molar-refractivity contribution in [3.8, 4) is 17.6 Å². The van der Waals surface area contributed by atoms with Gasteiger partial charge in [0, 0.05) is 17.7 Å². The second-order valence-corrected chi connectivity index (χ2v) is 6.18. The van der Waals surface area contributed by atoms with Crippen LogP contribution in [0.1, 0.15) is 36.9 Å². The van der Waals surface area contributed by atoms with Crippen molar-refractivity contribution >= 4 is 12.0 Å². The molecular weight excluding hydrogens is 378 g/mol. The number of ether oxygens (including phenoxy) is 2. The molecule has 29 heavy (non-hydrogen) atoms. The van der Waals surface area contributed by atoms with Crippen LogP contribution in [0.2, 0.25) is 0 Å². The Morgan fingerprint density at radius 1 is 1.24 bits per heavy atom. The van der Waals surface area contributed by atoms with E-state index in [0.717, 1.165) is 25.0 Å². The van der Waals surface area contributed by atoms with Crippen LogP contribution in [-0.4, -0.2) is 19.6 Å². The van der Waals surface area contributed by atoms with Gasteiger partial charge < -0.3 is 14.8 Å². The van der Waals surface area contributed by atoms with Gasteiger partial charge in [-0.05, 0) is 36.3 Å². The summed E-state index contributed by atoms with van der Waals surface area (Å²) in [6.07, 6.45) is 4.70. The van der Waals surface area contributed by atoms with Crippen LogP contribution in [0.5, 0.6) is 11.5 Å². The van der Waals surface area contributed by atoms with E-state index in [0.29, 0.717) is 29.7 Å². The number of hydrogen-bond acceptors (Lipinski definition) is 4. The molecule has 0 aromatic heterocycles. The van der Waals surface area contributed by atoms with E-state index in [1.54, 1.807) is 24.3 Å². The maximum absolute atomic E-state index is 13.8. The van der Waals surface area contributed by atoms with Crippen LogP contribution in [0.3, 0.4) is 0 Å². The predicted octanol–water partition coefficient (Wildman–Crippen LogP) is 4.55. The third-order valence-electron chi connectivity index (χ3n) is 4.06. The van der Waals surface area contributed by atoms with E-state index in [9.17, 15) is 18.8 Å². The number of unbranched alkanes of at least 4 members (excludes halogenated alkanes) is 1. The highest BCUT2D eigenvalue weighted by Crippen LogP contribution is 2.28. The molecule has 0 saturated carbocycles. The summed E-state index contributed by atoms with van der Waals surface area (Å²) in [5, 5.41) is 11.6. The molecular formula is C22H22F2N2O3. The quantitative estimate of drug-likeness (QED) is 0.495. The van der Waals surface area contributed by atoms with Gasteiger partial charge in [-0.3, -0.25) is 4.79 Å². The largest absolute Gasteiger partial charge is 0.493 e. The van der Waals surface area contributed by atoms with Crippen molar-refractivity contribution in [1.82, 2.24) is 5.32 Å². The molecule has 152 valence electrons. The third kappa shape index (κ3) is 6.32. The first-order valence-corrected chi connectivity index (χ1v) is 9.12. The molecule has 2 aromatic rings. The first-order valence-electron chi connectivity index (χ1n) is 9.12. The molecule has 0 aliphatic rings. The number of carbonyl (C=O) groups excluding carboxylic acids is 1. The fourth-order valence-corrected chi connectivity index (χ4v) is 2.51. The Balaban J connectivity index is 2.06. The lowest BCUT2D eigenvalue weighted by Crippen LogP contribution is -2.26. The molecule has 0 aliphatic carbocycles. The monoisotopic (exact) mass is 400 g/mol. The van der Waals surface area contributed by atoms with E-state index in [1.807, 2.05) is 0 Å². The molecule has 0 spiro atoms. The lowest BCUT2D eigenvalue weighted by molar-refractivity contribution is -0.116. The smallest absolute Gasteiger partial charge is 0.245 e. The Morgan fingerprint density at radius 3 is 2.69 bits per heavy atom. The number of benzene rings is 2. The van der Waals surface area contributed by atoms with Crippen LogP contribution in [0.25, 0.3) is 6.08 Å². The van der Waals surface area contributed by atoms with Gasteiger partial charge in [-0.15, -0.1) is 0 Å². The number of halogens is 2. The molecule has 1 atom stereocenters. The highest BCUT2D eigenvalue weighted by atomic mass is 19.1. The number of nitrogens with zero attached hydrogens (tertiary/aromatic N) is 1. The molecule has 1 amide bonds. The molecule has 0 bridgehead atoms. The molecule has 2 aromatic carbocycles. The molecule has 1 unspecified atom stereocenters. The minimum Gasteiger partial charge on any atom is -0.493 e. The van der Waals surface area contributed by atoms with Gasteiger partial charge in [0.25, 0.3) is 0 Å². The van der Waals surface area contributed by atoms with Gasteiger partial charge in [0.15, 0.2) is 11.5 Å². The van der Waals surface area contributed by atoms with E-state index in [4.69, 9.17) is 9.47 Å². The fourth-order valence-electron chi connectivity index (χ4n) is 2.51. The molecule has 0 radical (unpaired) electrons. The Bertz CT molecular complexity index is 923. The molecule has 0 heterocycles. The van der Waals surface area contributed by atoms with Crippen LogP contribution in [0.15, 0.2) is 42.5 Å². The van der Waals surface area contributed by atoms with E-state index in [1.165, 1.54) is 19.3 Å². The van der Waals surface area contributed by atoms with Crippen LogP contribution < -0.4 is 14.8 Å². The summed E-state index contributed by atoms with van der Waals surface area (Å²) >= 11 is 0. The maximum Gasteiger partial charge on any atom is 0.245 e. The Kier molecular flexibility index (Phi) is 8.16. The number of carbonyl (C=O) groups is 1. The molecule has 2 rings (SSSR count). The van der Waals surface area contributed by atoms with Crippen LogP contribution in [0.4, 0.5) is 8.78 Å². The molecule has 7 heteroatoms. The van der Waals surface area contributed by atoms with Crippen LogP contribution in [0, 0.1) is 23.0 Å². The van der Waals surface area contributed by atoms with Crippen LogP contribution >= 0.6 is 0 Å². The SMILES string of the molecule is CCCCOc1ccc(/C=C/C(=O)NC(C#N)c2ccc(F)cc2F)cc1OC. The summed E-state index contributed by atoms with van der Waals surface area (Å²) < 4.78 is 37.8. The van der Waals surface area contributed by atoms with Gasteiger partial charge in [-0.2, -0.15) is 5.26 Å². The molecule has 1 N–H and O–H groups in total. The van der Waals surface area contributed by atoms with E-state index < -0.39 is 23.6 Å². The van der Waals surface area contributed by atoms with Crippen molar-refractivity contribution in [3.05, 3.63) is 65.2 Å². The second-order valence-electron chi connectivity index (χ2n) is 6.18. The van der Waals surface area contributed by atoms with Crippen molar-refractivity contribution in [1.29, 1.82) is 5.26 Å². The van der Waals surface area contributed by atoms with Gasteiger partial charge in [0.1, 0.15) is 17.7 Å². The average molecular weight is 400 g/mol. The Morgan fingerprint density at radius 2 is 2.03 bits per heavy atom. The fraction of sp³-hybridized carbons (Fsp3) is 0.273. The first-order chi connectivity index (χ1) is 14.0. The van der Waals surface area contributed by atoms with Gasteiger partial charge in [0.05, 0.1) is 19.8 Å². The van der Waals surface area contributed by atoms with E-state index in [2.05, 4.69) is 12.2 Å². The van der Waals surface area contributed by atoms with E-state index >= 15 is 0 Å². The lowest BCUT2D eigenvalue weighted by atomic mass is 10.1. The van der Waals surface area contributed by atoms with E-state index in [-0.39, 0.29) is 5.56 Å². The molecule has 0 saturated heterocycles. The first kappa shape index (κ1) is 21.9. The normalized spacial score (nSPS) is 11.7. The van der Waals surface area contributed by atoms with Crippen molar-refractivity contribution in [2.24, 2.45) is 0 Å². The molecule has 0 aliphatic heterocycles. The zero-order valence-electron chi connectivity index (χ0n) is 16.2. The van der Waals surface area contributed by atoms with Crippen molar-refractivity contribution in [3.63, 3.8) is 0 Å². The summed E-state index contributed by atoms with van der Waals surface area (Å²) in [5.41, 5.74) is 0.576. The number of methoxy groups -OCH3 is 1. The number of amides is 1. The average Bonchev–Trinajstić information content (AvgIpc) is 2.71. The number of rotatable bonds is 9. The topological polar surface area (TPSA) is 71.3 Å². The summed E-state index contributed by atoms with van der Waals surface area (Å²) in [6, 6.07) is 8.60. The zero-order valence-corrected chi connectivity index (χ0v) is 16.2. The minimum absolute atomic E-state index is 0.106. The zero-order chi connectivity index (χ0) is 21.2. The number of nitrogens with one attached hydrogen (secondary N) is 1. The van der Waals surface area contributed by atoms with Gasteiger partial charge >= 0.3 is 0 Å². The van der Waals surface area contributed by atoms with Crippen molar-refractivity contribution < 1.29 is 23.0 Å². The highest BCUT2D eigenvalue weighted by molar-refractivity contribution is 5.92. The Hall–Kier alpha value is -3.40. The predicted molar refractivity (Wildman–Crippen MR) is 105 cm³/mol. The summed E-state index contributed by atoms with van der Waals surface area (Å²) in [5.74, 6) is -1.11. The number of nitriles is 1. The third-order valence-corrected chi connectivity index (χ3v) is 4.06. The summed E-state index contributed by atoms with van der Waals surface area (Å²) in [6.45, 7) is 2.65.